The van der Waals surface area contributed by atoms with Crippen LogP contribution >= 0.6 is 0 Å². The van der Waals surface area contributed by atoms with Crippen molar-refractivity contribution in [3.8, 4) is 5.75 Å². The fourth-order valence-electron chi connectivity index (χ4n) is 5.28. The second-order valence-corrected chi connectivity index (χ2v) is 10.6. The number of fused-ring (bicyclic) bond motifs is 1. The SMILES string of the molecule is COc1ccc(C(=O)N2CC(=O)C3C2CCN3C(=O)[C@H](CC(C)C)NC(=O)c2ccc(N(C)C)cc2)cc1. The van der Waals surface area contributed by atoms with Crippen LogP contribution in [-0.4, -0.2) is 85.7 Å². The summed E-state index contributed by atoms with van der Waals surface area (Å²) in [6, 6.07) is 12.1. The molecule has 0 radical (unpaired) electrons. The van der Waals surface area contributed by atoms with Gasteiger partial charge in [0.1, 0.15) is 17.8 Å². The van der Waals surface area contributed by atoms with Gasteiger partial charge in [0.25, 0.3) is 11.8 Å². The van der Waals surface area contributed by atoms with Crippen LogP contribution < -0.4 is 15.0 Å². The van der Waals surface area contributed by atoms with E-state index in [-0.39, 0.29) is 42.0 Å². The smallest absolute Gasteiger partial charge is 0.254 e. The Morgan fingerprint density at radius 1 is 1.00 bits per heavy atom. The quantitative estimate of drug-likeness (QED) is 0.575. The van der Waals surface area contributed by atoms with Crippen molar-refractivity contribution in [3.63, 3.8) is 0 Å². The average Bonchev–Trinajstić information content (AvgIpc) is 3.48. The molecule has 2 fully saturated rings. The molecule has 0 bridgehead atoms. The van der Waals surface area contributed by atoms with Gasteiger partial charge in [0.15, 0.2) is 5.78 Å². The van der Waals surface area contributed by atoms with E-state index in [4.69, 9.17) is 4.74 Å². The van der Waals surface area contributed by atoms with E-state index in [0.717, 1.165) is 5.69 Å². The molecular formula is C29H36N4O5. The van der Waals surface area contributed by atoms with Crippen LogP contribution in [0, 0.1) is 5.92 Å². The van der Waals surface area contributed by atoms with Crippen molar-refractivity contribution in [1.29, 1.82) is 0 Å². The van der Waals surface area contributed by atoms with Crippen LogP contribution in [0.1, 0.15) is 47.4 Å². The molecule has 2 saturated heterocycles. The zero-order valence-electron chi connectivity index (χ0n) is 22.6. The first-order valence-corrected chi connectivity index (χ1v) is 13.0. The number of nitrogens with one attached hydrogen (secondary N) is 1. The first-order valence-electron chi connectivity index (χ1n) is 13.0. The van der Waals surface area contributed by atoms with Crippen molar-refractivity contribution >= 4 is 29.2 Å². The number of amides is 3. The number of nitrogens with zero attached hydrogens (tertiary/aromatic N) is 3. The van der Waals surface area contributed by atoms with E-state index in [1.165, 1.54) is 0 Å². The molecule has 2 unspecified atom stereocenters. The fraction of sp³-hybridized carbons (Fsp3) is 0.448. The van der Waals surface area contributed by atoms with Gasteiger partial charge in [0.2, 0.25) is 5.91 Å². The van der Waals surface area contributed by atoms with E-state index in [0.29, 0.717) is 36.3 Å². The number of ketones is 1. The second kappa shape index (κ2) is 11.2. The van der Waals surface area contributed by atoms with Crippen LogP contribution in [-0.2, 0) is 9.59 Å². The molecule has 1 N–H and O–H groups in total. The van der Waals surface area contributed by atoms with Gasteiger partial charge in [-0.15, -0.1) is 0 Å². The van der Waals surface area contributed by atoms with E-state index < -0.39 is 12.1 Å². The van der Waals surface area contributed by atoms with Gasteiger partial charge in [-0.2, -0.15) is 0 Å². The number of likely N-dealkylation sites (tertiary alicyclic amines) is 2. The molecule has 9 nitrogen and oxygen atoms in total. The lowest BCUT2D eigenvalue weighted by molar-refractivity contribution is -0.138. The summed E-state index contributed by atoms with van der Waals surface area (Å²) >= 11 is 0. The van der Waals surface area contributed by atoms with E-state index >= 15 is 0 Å². The van der Waals surface area contributed by atoms with Crippen molar-refractivity contribution in [2.45, 2.75) is 44.8 Å². The highest BCUT2D eigenvalue weighted by atomic mass is 16.5. The first-order chi connectivity index (χ1) is 18.1. The molecule has 2 aromatic rings. The van der Waals surface area contributed by atoms with Crippen molar-refractivity contribution in [3.05, 3.63) is 59.7 Å². The minimum Gasteiger partial charge on any atom is -0.497 e. The Morgan fingerprint density at radius 2 is 1.63 bits per heavy atom. The zero-order valence-corrected chi connectivity index (χ0v) is 22.6. The van der Waals surface area contributed by atoms with Gasteiger partial charge in [-0.3, -0.25) is 19.2 Å². The third kappa shape index (κ3) is 5.51. The number of hydrogen-bond donors (Lipinski definition) is 1. The van der Waals surface area contributed by atoms with Crippen molar-refractivity contribution in [2.24, 2.45) is 5.92 Å². The lowest BCUT2D eigenvalue weighted by Gasteiger charge is -2.29. The molecule has 0 aromatic heterocycles. The molecule has 2 aliphatic rings. The number of carbonyl (C=O) groups excluding carboxylic acids is 4. The average molecular weight is 521 g/mol. The molecular weight excluding hydrogens is 484 g/mol. The Hall–Kier alpha value is -3.88. The predicted molar refractivity (Wildman–Crippen MR) is 144 cm³/mol. The van der Waals surface area contributed by atoms with Gasteiger partial charge in [0.05, 0.1) is 19.7 Å². The number of benzene rings is 2. The lowest BCUT2D eigenvalue weighted by atomic mass is 10.0. The summed E-state index contributed by atoms with van der Waals surface area (Å²) in [5.41, 5.74) is 1.90. The van der Waals surface area contributed by atoms with Gasteiger partial charge >= 0.3 is 0 Å². The van der Waals surface area contributed by atoms with Gasteiger partial charge in [0, 0.05) is 37.5 Å². The molecule has 0 aliphatic carbocycles. The summed E-state index contributed by atoms with van der Waals surface area (Å²) in [5, 5.41) is 2.91. The third-order valence-electron chi connectivity index (χ3n) is 7.26. The van der Waals surface area contributed by atoms with Crippen LogP contribution in [0.3, 0.4) is 0 Å². The first kappa shape index (κ1) is 27.2. The number of Topliss-reactive ketones (excluding diaryl/α,β-unsaturated/α-hetero) is 1. The molecule has 2 heterocycles. The Balaban J connectivity index is 1.49. The molecule has 0 saturated carbocycles. The molecule has 202 valence electrons. The summed E-state index contributed by atoms with van der Waals surface area (Å²) in [6.45, 7) is 4.29. The second-order valence-electron chi connectivity index (χ2n) is 10.6. The summed E-state index contributed by atoms with van der Waals surface area (Å²) in [5.74, 6) is -0.226. The van der Waals surface area contributed by atoms with E-state index in [1.54, 1.807) is 53.3 Å². The molecule has 38 heavy (non-hydrogen) atoms. The number of anilines is 1. The monoisotopic (exact) mass is 520 g/mol. The predicted octanol–water partition coefficient (Wildman–Crippen LogP) is 2.60. The van der Waals surface area contributed by atoms with Crippen LogP contribution in [0.5, 0.6) is 5.75 Å². The third-order valence-corrected chi connectivity index (χ3v) is 7.26. The van der Waals surface area contributed by atoms with Crippen molar-refractivity contribution in [1.82, 2.24) is 15.1 Å². The van der Waals surface area contributed by atoms with Crippen LogP contribution in [0.25, 0.3) is 0 Å². The summed E-state index contributed by atoms with van der Waals surface area (Å²) in [7, 11) is 5.40. The summed E-state index contributed by atoms with van der Waals surface area (Å²) in [4.78, 5) is 58.2. The minimum absolute atomic E-state index is 0.0383. The van der Waals surface area contributed by atoms with Crippen LogP contribution in [0.2, 0.25) is 0 Å². The van der Waals surface area contributed by atoms with E-state index in [9.17, 15) is 19.2 Å². The fourth-order valence-corrected chi connectivity index (χ4v) is 5.28. The molecule has 3 atom stereocenters. The maximum atomic E-state index is 13.7. The molecule has 9 heteroatoms. The zero-order chi connectivity index (χ0) is 27.6. The minimum atomic E-state index is -0.770. The molecule has 2 aromatic carbocycles. The highest BCUT2D eigenvalue weighted by Gasteiger charge is 2.52. The molecule has 4 rings (SSSR count). The van der Waals surface area contributed by atoms with Gasteiger partial charge < -0.3 is 24.8 Å². The standard InChI is InChI=1S/C29H36N4O5/c1-18(2)16-23(30-27(35)19-6-10-21(11-7-19)31(3)4)29(37)32-15-14-24-26(32)25(34)17-33(24)28(36)20-8-12-22(38-5)13-9-20/h6-13,18,23-24,26H,14-17H2,1-5H3,(H,30,35)/t23-,24?,26?/m0/s1. The Kier molecular flexibility index (Phi) is 8.04. The Morgan fingerprint density at radius 3 is 2.21 bits per heavy atom. The molecule has 3 amide bonds. The summed E-state index contributed by atoms with van der Waals surface area (Å²) < 4.78 is 5.17. The largest absolute Gasteiger partial charge is 0.497 e. The van der Waals surface area contributed by atoms with E-state index in [1.807, 2.05) is 45.0 Å². The highest BCUT2D eigenvalue weighted by molar-refractivity contribution is 6.03. The molecule has 2 aliphatic heterocycles. The van der Waals surface area contributed by atoms with Crippen LogP contribution in [0.4, 0.5) is 5.69 Å². The number of ether oxygens (including phenoxy) is 1. The van der Waals surface area contributed by atoms with Crippen molar-refractivity contribution < 1.29 is 23.9 Å². The summed E-state index contributed by atoms with van der Waals surface area (Å²) in [6.07, 6.45) is 0.954. The number of rotatable bonds is 8. The Labute approximate surface area is 223 Å². The highest BCUT2D eigenvalue weighted by Crippen LogP contribution is 2.32. The number of methoxy groups -OCH3 is 1. The molecule has 0 spiro atoms. The topological polar surface area (TPSA) is 99.3 Å². The van der Waals surface area contributed by atoms with Gasteiger partial charge in [-0.25, -0.2) is 0 Å². The number of hydrogen-bond acceptors (Lipinski definition) is 6. The lowest BCUT2D eigenvalue weighted by Crippen LogP contribution is -2.53. The Bertz CT molecular complexity index is 1190. The van der Waals surface area contributed by atoms with E-state index in [2.05, 4.69) is 5.32 Å². The van der Waals surface area contributed by atoms with Crippen molar-refractivity contribution in [2.75, 3.05) is 39.2 Å². The van der Waals surface area contributed by atoms with Gasteiger partial charge in [-0.05, 0) is 67.3 Å². The normalized spacial score (nSPS) is 19.4. The number of carbonyl (C=O) groups is 4. The van der Waals surface area contributed by atoms with Gasteiger partial charge in [-0.1, -0.05) is 13.8 Å². The maximum absolute atomic E-state index is 13.7. The van der Waals surface area contributed by atoms with Crippen LogP contribution in [0.15, 0.2) is 48.5 Å². The maximum Gasteiger partial charge on any atom is 0.254 e.